The van der Waals surface area contributed by atoms with E-state index in [0.29, 0.717) is 0 Å². The van der Waals surface area contributed by atoms with Crippen LogP contribution in [-0.4, -0.2) is 9.97 Å². The Morgan fingerprint density at radius 2 is 0.964 bits per heavy atom. The normalized spacial score (nSPS) is 10.8. The van der Waals surface area contributed by atoms with Crippen LogP contribution < -0.4 is 10.6 Å². The summed E-state index contributed by atoms with van der Waals surface area (Å²) in [6.45, 7) is 4.31. The largest absolute Gasteiger partial charge is 0.337 e. The van der Waals surface area contributed by atoms with Gasteiger partial charge in [0.05, 0.1) is 11.0 Å². The molecule has 0 unspecified atom stereocenters. The van der Waals surface area contributed by atoms with E-state index >= 15 is 0 Å². The maximum atomic E-state index is 4.86. The summed E-state index contributed by atoms with van der Waals surface area (Å²) in [6.07, 6.45) is 1.90. The van der Waals surface area contributed by atoms with E-state index < -0.39 is 0 Å². The predicted octanol–water partition coefficient (Wildman–Crippen LogP) is 6.24. The Bertz CT molecular complexity index is 1020. The van der Waals surface area contributed by atoms with Gasteiger partial charge in [0.25, 0.3) is 0 Å². The number of para-hydroxylation sites is 4. The van der Waals surface area contributed by atoms with Gasteiger partial charge in [0, 0.05) is 11.4 Å². The average molecular weight is 368 g/mol. The van der Waals surface area contributed by atoms with E-state index in [0.717, 1.165) is 46.9 Å². The van der Waals surface area contributed by atoms with Gasteiger partial charge in [-0.2, -0.15) is 0 Å². The van der Waals surface area contributed by atoms with Crippen molar-refractivity contribution in [1.82, 2.24) is 9.97 Å². The van der Waals surface area contributed by atoms with Crippen molar-refractivity contribution in [1.29, 1.82) is 0 Å². The molecule has 2 N–H and O–H groups in total. The minimum atomic E-state index is 0.727. The zero-order chi connectivity index (χ0) is 19.3. The third-order valence-corrected chi connectivity index (χ3v) is 4.87. The fourth-order valence-corrected chi connectivity index (χ4v) is 3.33. The monoisotopic (exact) mass is 368 g/mol. The molecule has 0 bridgehead atoms. The second-order valence-corrected chi connectivity index (χ2v) is 6.68. The highest BCUT2D eigenvalue weighted by molar-refractivity contribution is 5.84. The molecule has 0 atom stereocenters. The maximum Gasteiger partial charge on any atom is 0.174 e. The number of hydrogen-bond donors (Lipinski definition) is 2. The van der Waals surface area contributed by atoms with Crippen LogP contribution >= 0.6 is 0 Å². The Kier molecular flexibility index (Phi) is 5.20. The molecule has 0 aliphatic carbocycles. The lowest BCUT2D eigenvalue weighted by Crippen LogP contribution is -2.05. The van der Waals surface area contributed by atoms with Crippen molar-refractivity contribution in [2.24, 2.45) is 0 Å². The lowest BCUT2D eigenvalue weighted by Gasteiger charge is -2.16. The molecule has 0 saturated heterocycles. The molecule has 4 rings (SSSR count). The van der Waals surface area contributed by atoms with Crippen LogP contribution in [0, 0.1) is 0 Å². The standard InChI is InChI=1S/C24H24N4/c1-3-17-11-5-7-13-19(17)25-23-24(26-20-14-8-6-12-18(20)4-2)28-22-16-10-9-15-21(22)27-23/h5-16H,3-4H2,1-2H3,(H,25,27)(H,26,28). The fraction of sp³-hybridized carbons (Fsp3) is 0.167. The molecule has 0 radical (unpaired) electrons. The predicted molar refractivity (Wildman–Crippen MR) is 118 cm³/mol. The number of rotatable bonds is 6. The lowest BCUT2D eigenvalue weighted by molar-refractivity contribution is 1.13. The van der Waals surface area contributed by atoms with E-state index in [2.05, 4.69) is 60.9 Å². The molecular formula is C24H24N4. The Balaban J connectivity index is 1.80. The van der Waals surface area contributed by atoms with E-state index in [9.17, 15) is 0 Å². The molecule has 0 fully saturated rings. The lowest BCUT2D eigenvalue weighted by atomic mass is 10.1. The summed E-state index contributed by atoms with van der Waals surface area (Å²) in [5.74, 6) is 1.45. The Morgan fingerprint density at radius 3 is 1.39 bits per heavy atom. The van der Waals surface area contributed by atoms with Crippen molar-refractivity contribution in [2.75, 3.05) is 10.6 Å². The Morgan fingerprint density at radius 1 is 0.571 bits per heavy atom. The van der Waals surface area contributed by atoms with Gasteiger partial charge in [-0.1, -0.05) is 62.4 Å². The molecular weight excluding hydrogens is 344 g/mol. The van der Waals surface area contributed by atoms with E-state index in [1.54, 1.807) is 0 Å². The molecule has 0 aliphatic rings. The summed E-state index contributed by atoms with van der Waals surface area (Å²) >= 11 is 0. The van der Waals surface area contributed by atoms with Crippen LogP contribution in [0.2, 0.25) is 0 Å². The van der Waals surface area contributed by atoms with Gasteiger partial charge in [-0.25, -0.2) is 9.97 Å². The Labute approximate surface area is 165 Å². The van der Waals surface area contributed by atoms with Gasteiger partial charge in [-0.15, -0.1) is 0 Å². The second kappa shape index (κ2) is 8.09. The quantitative estimate of drug-likeness (QED) is 0.423. The number of benzene rings is 3. The van der Waals surface area contributed by atoms with Gasteiger partial charge in [-0.3, -0.25) is 0 Å². The summed E-state index contributed by atoms with van der Waals surface area (Å²) in [5.41, 5.74) is 6.35. The van der Waals surface area contributed by atoms with E-state index in [1.165, 1.54) is 11.1 Å². The third kappa shape index (κ3) is 3.67. The van der Waals surface area contributed by atoms with Crippen LogP contribution in [0.5, 0.6) is 0 Å². The van der Waals surface area contributed by atoms with Gasteiger partial charge < -0.3 is 10.6 Å². The molecule has 28 heavy (non-hydrogen) atoms. The SMILES string of the molecule is CCc1ccccc1Nc1nc2ccccc2nc1Nc1ccccc1CC. The highest BCUT2D eigenvalue weighted by Crippen LogP contribution is 2.30. The number of aromatic nitrogens is 2. The van der Waals surface area contributed by atoms with Crippen LogP contribution in [0.25, 0.3) is 11.0 Å². The number of nitrogens with one attached hydrogen (secondary N) is 2. The number of fused-ring (bicyclic) bond motifs is 1. The molecule has 0 amide bonds. The van der Waals surface area contributed by atoms with Crippen LogP contribution in [0.3, 0.4) is 0 Å². The number of hydrogen-bond acceptors (Lipinski definition) is 4. The summed E-state index contributed by atoms with van der Waals surface area (Å²) in [5, 5.41) is 7.01. The van der Waals surface area contributed by atoms with Gasteiger partial charge in [0.1, 0.15) is 0 Å². The molecule has 1 aromatic heterocycles. The highest BCUT2D eigenvalue weighted by Gasteiger charge is 2.12. The van der Waals surface area contributed by atoms with E-state index in [-0.39, 0.29) is 0 Å². The average Bonchev–Trinajstić information content (AvgIpc) is 2.75. The van der Waals surface area contributed by atoms with Crippen molar-refractivity contribution in [3.8, 4) is 0 Å². The molecule has 0 saturated carbocycles. The van der Waals surface area contributed by atoms with E-state index in [4.69, 9.17) is 9.97 Å². The molecule has 140 valence electrons. The van der Waals surface area contributed by atoms with Crippen molar-refractivity contribution in [2.45, 2.75) is 26.7 Å². The third-order valence-electron chi connectivity index (χ3n) is 4.87. The first-order valence-corrected chi connectivity index (χ1v) is 9.75. The van der Waals surface area contributed by atoms with Gasteiger partial charge in [-0.05, 0) is 48.2 Å². The number of nitrogens with zero attached hydrogens (tertiary/aromatic N) is 2. The molecule has 4 heteroatoms. The fourth-order valence-electron chi connectivity index (χ4n) is 3.33. The minimum Gasteiger partial charge on any atom is -0.337 e. The van der Waals surface area contributed by atoms with Gasteiger partial charge in [0.15, 0.2) is 11.6 Å². The van der Waals surface area contributed by atoms with Crippen molar-refractivity contribution in [3.05, 3.63) is 83.9 Å². The van der Waals surface area contributed by atoms with Crippen LogP contribution in [0.1, 0.15) is 25.0 Å². The van der Waals surface area contributed by atoms with Crippen molar-refractivity contribution in [3.63, 3.8) is 0 Å². The smallest absolute Gasteiger partial charge is 0.174 e. The first kappa shape index (κ1) is 18.0. The summed E-state index contributed by atoms with van der Waals surface area (Å²) < 4.78 is 0. The van der Waals surface area contributed by atoms with Crippen LogP contribution in [0.4, 0.5) is 23.0 Å². The van der Waals surface area contributed by atoms with Gasteiger partial charge >= 0.3 is 0 Å². The number of anilines is 4. The summed E-state index contributed by atoms with van der Waals surface area (Å²) in [6, 6.07) is 24.6. The van der Waals surface area contributed by atoms with Crippen molar-refractivity contribution >= 4 is 34.0 Å². The topological polar surface area (TPSA) is 49.8 Å². The van der Waals surface area contributed by atoms with E-state index in [1.807, 2.05) is 36.4 Å². The maximum absolute atomic E-state index is 4.86. The zero-order valence-electron chi connectivity index (χ0n) is 16.2. The number of aryl methyl sites for hydroxylation is 2. The minimum absolute atomic E-state index is 0.727. The molecule has 1 heterocycles. The first-order valence-electron chi connectivity index (χ1n) is 9.75. The molecule has 4 nitrogen and oxygen atoms in total. The molecule has 3 aromatic carbocycles. The van der Waals surface area contributed by atoms with Crippen molar-refractivity contribution < 1.29 is 0 Å². The Hall–Kier alpha value is -3.40. The zero-order valence-corrected chi connectivity index (χ0v) is 16.2. The first-order chi connectivity index (χ1) is 13.8. The summed E-state index contributed by atoms with van der Waals surface area (Å²) in [4.78, 5) is 9.72. The molecule has 4 aromatic rings. The molecule has 0 spiro atoms. The molecule has 0 aliphatic heterocycles. The highest BCUT2D eigenvalue weighted by atomic mass is 15.1. The second-order valence-electron chi connectivity index (χ2n) is 6.68. The van der Waals surface area contributed by atoms with Crippen LogP contribution in [-0.2, 0) is 12.8 Å². The summed E-state index contributed by atoms with van der Waals surface area (Å²) in [7, 11) is 0. The van der Waals surface area contributed by atoms with Gasteiger partial charge in [0.2, 0.25) is 0 Å². The van der Waals surface area contributed by atoms with Crippen LogP contribution in [0.15, 0.2) is 72.8 Å².